The van der Waals surface area contributed by atoms with Crippen LogP contribution in [0.4, 0.5) is 0 Å². The number of hydrogen-bond donors (Lipinski definition) is 0. The summed E-state index contributed by atoms with van der Waals surface area (Å²) in [4.78, 5) is 0.742. The number of hydrogen-bond acceptors (Lipinski definition) is 2. The molecule has 0 heterocycles. The van der Waals surface area contributed by atoms with Crippen molar-refractivity contribution in [1.82, 2.24) is 0 Å². The molecular formula is C28H42O2S. The molecule has 0 amide bonds. The normalized spacial score (nSPS) is 12.8. The lowest BCUT2D eigenvalue weighted by Gasteiger charge is -2.26. The van der Waals surface area contributed by atoms with Gasteiger partial charge >= 0.3 is 0 Å². The Morgan fingerprint density at radius 3 is 1.19 bits per heavy atom. The van der Waals surface area contributed by atoms with Gasteiger partial charge in [0, 0.05) is 0 Å². The molecule has 0 bridgehead atoms. The first-order chi connectivity index (χ1) is 14.5. The van der Waals surface area contributed by atoms with E-state index in [0.29, 0.717) is 9.79 Å². The standard InChI is InChI=1S/C28H42O2S/c1-7-9-11-21-27(3,4)23-13-17-25(18-14-23)31(29,30)26-19-15-24(16-20-26)28(5,6)22-12-10-8-2/h13-20H,7-12,21-22H2,1-6H3. The Morgan fingerprint density at radius 1 is 0.581 bits per heavy atom. The van der Waals surface area contributed by atoms with E-state index in [1.165, 1.54) is 49.7 Å². The summed E-state index contributed by atoms with van der Waals surface area (Å²) in [5, 5.41) is 0. The molecule has 2 aromatic carbocycles. The molecule has 0 aliphatic carbocycles. The van der Waals surface area contributed by atoms with Gasteiger partial charge in [-0.1, -0.05) is 104 Å². The molecule has 2 nitrogen and oxygen atoms in total. The highest BCUT2D eigenvalue weighted by molar-refractivity contribution is 7.91. The van der Waals surface area contributed by atoms with Crippen LogP contribution in [0.5, 0.6) is 0 Å². The van der Waals surface area contributed by atoms with Crippen LogP contribution >= 0.6 is 0 Å². The van der Waals surface area contributed by atoms with Crippen molar-refractivity contribution in [3.05, 3.63) is 59.7 Å². The third-order valence-corrected chi connectivity index (χ3v) is 8.49. The average molecular weight is 443 g/mol. The van der Waals surface area contributed by atoms with Crippen molar-refractivity contribution in [2.24, 2.45) is 0 Å². The number of benzene rings is 2. The topological polar surface area (TPSA) is 34.1 Å². The van der Waals surface area contributed by atoms with Crippen LogP contribution in [0.2, 0.25) is 0 Å². The van der Waals surface area contributed by atoms with E-state index in [-0.39, 0.29) is 10.8 Å². The highest BCUT2D eigenvalue weighted by Gasteiger charge is 2.24. The van der Waals surface area contributed by atoms with Crippen LogP contribution in [0.1, 0.15) is 104 Å². The lowest BCUT2D eigenvalue weighted by atomic mass is 9.80. The lowest BCUT2D eigenvalue weighted by molar-refractivity contribution is 0.450. The summed E-state index contributed by atoms with van der Waals surface area (Å²) in [5.74, 6) is 0. The van der Waals surface area contributed by atoms with Gasteiger partial charge in [-0.2, -0.15) is 0 Å². The van der Waals surface area contributed by atoms with Gasteiger partial charge in [-0.05, 0) is 59.1 Å². The van der Waals surface area contributed by atoms with Crippen molar-refractivity contribution < 1.29 is 8.42 Å². The first kappa shape index (κ1) is 25.6. The second-order valence-electron chi connectivity index (χ2n) is 10.2. The zero-order valence-corrected chi connectivity index (χ0v) is 21.3. The van der Waals surface area contributed by atoms with E-state index in [1.807, 2.05) is 24.3 Å². The Bertz CT molecular complexity index is 833. The quantitative estimate of drug-likeness (QED) is 0.310. The highest BCUT2D eigenvalue weighted by Crippen LogP contribution is 2.33. The van der Waals surface area contributed by atoms with Crippen LogP contribution in [-0.2, 0) is 20.7 Å². The maximum absolute atomic E-state index is 13.2. The van der Waals surface area contributed by atoms with Crippen molar-refractivity contribution in [3.8, 4) is 0 Å². The van der Waals surface area contributed by atoms with Crippen LogP contribution in [0.25, 0.3) is 0 Å². The maximum Gasteiger partial charge on any atom is 0.206 e. The molecule has 0 saturated carbocycles. The van der Waals surface area contributed by atoms with Gasteiger partial charge in [-0.3, -0.25) is 0 Å². The third kappa shape index (κ3) is 6.68. The summed E-state index contributed by atoms with van der Waals surface area (Å²) in [6.45, 7) is 13.4. The molecule has 31 heavy (non-hydrogen) atoms. The van der Waals surface area contributed by atoms with Crippen molar-refractivity contribution in [2.45, 2.75) is 114 Å². The molecule has 0 unspecified atom stereocenters. The summed E-state index contributed by atoms with van der Waals surface area (Å²) in [6.07, 6.45) is 9.52. The predicted molar refractivity (Wildman–Crippen MR) is 133 cm³/mol. The predicted octanol–water partition coefficient (Wildman–Crippen LogP) is 8.24. The molecule has 0 fully saturated rings. The van der Waals surface area contributed by atoms with E-state index < -0.39 is 9.84 Å². The molecule has 0 radical (unpaired) electrons. The molecule has 0 spiro atoms. The Morgan fingerprint density at radius 2 is 0.903 bits per heavy atom. The first-order valence-corrected chi connectivity index (χ1v) is 13.5. The zero-order valence-electron chi connectivity index (χ0n) is 20.5. The summed E-state index contributed by atoms with van der Waals surface area (Å²) in [5.41, 5.74) is 2.52. The van der Waals surface area contributed by atoms with Crippen LogP contribution in [0, 0.1) is 0 Å². The van der Waals surface area contributed by atoms with Gasteiger partial charge in [0.15, 0.2) is 0 Å². The van der Waals surface area contributed by atoms with E-state index in [4.69, 9.17) is 0 Å². The smallest absolute Gasteiger partial charge is 0.206 e. The van der Waals surface area contributed by atoms with E-state index >= 15 is 0 Å². The van der Waals surface area contributed by atoms with Gasteiger partial charge in [-0.15, -0.1) is 0 Å². The number of rotatable bonds is 12. The van der Waals surface area contributed by atoms with Gasteiger partial charge < -0.3 is 0 Å². The number of sulfone groups is 1. The molecule has 0 atom stereocenters. The first-order valence-electron chi connectivity index (χ1n) is 12.0. The van der Waals surface area contributed by atoms with Gasteiger partial charge in [0.25, 0.3) is 0 Å². The fourth-order valence-corrected chi connectivity index (χ4v) is 5.49. The van der Waals surface area contributed by atoms with Gasteiger partial charge in [0.2, 0.25) is 9.84 Å². The Labute approximate surface area is 191 Å². The molecule has 2 aromatic rings. The minimum atomic E-state index is -3.51. The average Bonchev–Trinajstić information content (AvgIpc) is 2.74. The minimum Gasteiger partial charge on any atom is -0.219 e. The molecule has 0 aliphatic rings. The Balaban J connectivity index is 2.18. The zero-order chi connectivity index (χ0) is 23.1. The van der Waals surface area contributed by atoms with Crippen LogP contribution in [0.3, 0.4) is 0 Å². The third-order valence-electron chi connectivity index (χ3n) is 6.70. The van der Waals surface area contributed by atoms with Gasteiger partial charge in [0.1, 0.15) is 0 Å². The van der Waals surface area contributed by atoms with Crippen molar-refractivity contribution >= 4 is 9.84 Å². The van der Waals surface area contributed by atoms with E-state index in [2.05, 4.69) is 41.5 Å². The summed E-state index contributed by atoms with van der Waals surface area (Å²) in [6, 6.07) is 15.1. The minimum absolute atomic E-state index is 0.0580. The fourth-order valence-electron chi connectivity index (χ4n) is 4.23. The Hall–Kier alpha value is -1.61. The van der Waals surface area contributed by atoms with E-state index in [0.717, 1.165) is 12.8 Å². The number of unbranched alkanes of at least 4 members (excludes halogenated alkanes) is 4. The molecule has 0 aromatic heterocycles. The molecule has 172 valence electrons. The molecule has 0 N–H and O–H groups in total. The summed E-state index contributed by atoms with van der Waals surface area (Å²) >= 11 is 0. The summed E-state index contributed by atoms with van der Waals surface area (Å²) < 4.78 is 26.4. The van der Waals surface area contributed by atoms with Crippen molar-refractivity contribution in [2.75, 3.05) is 0 Å². The molecule has 2 rings (SSSR count). The molecule has 3 heteroatoms. The molecule has 0 aliphatic heterocycles. The fraction of sp³-hybridized carbons (Fsp3) is 0.571. The molecule has 0 saturated heterocycles. The second kappa shape index (κ2) is 10.8. The van der Waals surface area contributed by atoms with Gasteiger partial charge in [-0.25, -0.2) is 8.42 Å². The Kier molecular flexibility index (Phi) is 8.94. The lowest BCUT2D eigenvalue weighted by Crippen LogP contribution is -2.17. The van der Waals surface area contributed by atoms with Crippen LogP contribution < -0.4 is 0 Å². The molecular weight excluding hydrogens is 400 g/mol. The summed E-state index contributed by atoms with van der Waals surface area (Å²) in [7, 11) is -3.51. The van der Waals surface area contributed by atoms with Crippen LogP contribution in [-0.4, -0.2) is 8.42 Å². The van der Waals surface area contributed by atoms with Gasteiger partial charge in [0.05, 0.1) is 9.79 Å². The van der Waals surface area contributed by atoms with Crippen molar-refractivity contribution in [3.63, 3.8) is 0 Å². The van der Waals surface area contributed by atoms with Crippen LogP contribution in [0.15, 0.2) is 58.3 Å². The largest absolute Gasteiger partial charge is 0.219 e. The monoisotopic (exact) mass is 442 g/mol. The highest BCUT2D eigenvalue weighted by atomic mass is 32.2. The maximum atomic E-state index is 13.2. The van der Waals surface area contributed by atoms with E-state index in [9.17, 15) is 8.42 Å². The van der Waals surface area contributed by atoms with E-state index in [1.54, 1.807) is 24.3 Å². The second-order valence-corrected chi connectivity index (χ2v) is 12.2. The SMILES string of the molecule is CCCCCC(C)(C)c1ccc(S(=O)(=O)c2ccc(C(C)(C)CCCCC)cc2)cc1. The van der Waals surface area contributed by atoms with Crippen molar-refractivity contribution in [1.29, 1.82) is 0 Å².